The van der Waals surface area contributed by atoms with Gasteiger partial charge in [0.15, 0.2) is 0 Å². The molecule has 0 bridgehead atoms. The first-order chi connectivity index (χ1) is 4.91. The summed E-state index contributed by atoms with van der Waals surface area (Å²) in [5.41, 5.74) is 0.512. The van der Waals surface area contributed by atoms with Crippen LogP contribution in [0.4, 0.5) is 0 Å². The van der Waals surface area contributed by atoms with Gasteiger partial charge in [-0.2, -0.15) is 0 Å². The molecule has 2 saturated heterocycles. The van der Waals surface area contributed by atoms with Crippen LogP contribution in [-0.4, -0.2) is 25.2 Å². The molecule has 0 unspecified atom stereocenters. The first-order valence-corrected chi connectivity index (χ1v) is 4.37. The van der Waals surface area contributed by atoms with E-state index < -0.39 is 0 Å². The lowest BCUT2D eigenvalue weighted by atomic mass is 9.88. The topological polar surface area (TPSA) is 24.1 Å². The Morgan fingerprint density at radius 3 is 2.60 bits per heavy atom. The summed E-state index contributed by atoms with van der Waals surface area (Å²) < 4.78 is 0. The number of piperidine rings is 1. The fourth-order valence-corrected chi connectivity index (χ4v) is 2.14. The molecule has 2 fully saturated rings. The van der Waals surface area contributed by atoms with Gasteiger partial charge in [-0.3, -0.25) is 0 Å². The zero-order valence-electron chi connectivity index (χ0n) is 6.45. The summed E-state index contributed by atoms with van der Waals surface area (Å²) in [5, 5.41) is 7.05. The van der Waals surface area contributed by atoms with Crippen LogP contribution in [0.1, 0.15) is 25.7 Å². The lowest BCUT2D eigenvalue weighted by Crippen LogP contribution is -2.49. The maximum absolute atomic E-state index is 3.63. The second-order valence-electron chi connectivity index (χ2n) is 3.59. The smallest absolute Gasteiger partial charge is 0.0318 e. The quantitative estimate of drug-likeness (QED) is 0.512. The van der Waals surface area contributed by atoms with Crippen LogP contribution in [-0.2, 0) is 0 Å². The van der Waals surface area contributed by atoms with Crippen molar-refractivity contribution in [3.8, 4) is 0 Å². The molecule has 1 spiro atoms. The molecule has 2 N–H and O–H groups in total. The molecule has 0 aliphatic carbocycles. The third-order valence-corrected chi connectivity index (χ3v) is 2.83. The maximum Gasteiger partial charge on any atom is 0.0318 e. The van der Waals surface area contributed by atoms with E-state index in [1.165, 1.54) is 45.3 Å². The van der Waals surface area contributed by atoms with Gasteiger partial charge in [0.25, 0.3) is 0 Å². The Balaban J connectivity index is 1.98. The standard InChI is InChI=1S/C8H16N2/c1-2-5-10-8(3-1)4-6-9-7-8/h9-10H,1-7H2/t8-/m1/s1. The minimum absolute atomic E-state index is 0.512. The molecule has 2 aliphatic rings. The second kappa shape index (κ2) is 2.51. The molecule has 0 amide bonds. The van der Waals surface area contributed by atoms with Crippen molar-refractivity contribution in [2.45, 2.75) is 31.2 Å². The Morgan fingerprint density at radius 1 is 1.00 bits per heavy atom. The van der Waals surface area contributed by atoms with Crippen molar-refractivity contribution in [1.29, 1.82) is 0 Å². The van der Waals surface area contributed by atoms with Crippen molar-refractivity contribution in [2.75, 3.05) is 19.6 Å². The number of rotatable bonds is 0. The molecule has 58 valence electrons. The van der Waals surface area contributed by atoms with Gasteiger partial charge in [-0.05, 0) is 32.4 Å². The minimum atomic E-state index is 0.512. The summed E-state index contributed by atoms with van der Waals surface area (Å²) >= 11 is 0. The largest absolute Gasteiger partial charge is 0.315 e. The highest BCUT2D eigenvalue weighted by atomic mass is 15.1. The Morgan fingerprint density at radius 2 is 2.00 bits per heavy atom. The van der Waals surface area contributed by atoms with E-state index in [1.807, 2.05) is 0 Å². The van der Waals surface area contributed by atoms with E-state index in [4.69, 9.17) is 0 Å². The van der Waals surface area contributed by atoms with Gasteiger partial charge in [-0.1, -0.05) is 6.42 Å². The molecule has 2 rings (SSSR count). The number of hydrogen-bond acceptors (Lipinski definition) is 2. The van der Waals surface area contributed by atoms with Crippen LogP contribution in [0.15, 0.2) is 0 Å². The van der Waals surface area contributed by atoms with Gasteiger partial charge in [0, 0.05) is 12.1 Å². The molecule has 0 aromatic carbocycles. The summed E-state index contributed by atoms with van der Waals surface area (Å²) in [6.45, 7) is 3.65. The lowest BCUT2D eigenvalue weighted by molar-refractivity contribution is 0.277. The normalized spacial score (nSPS) is 40.8. The molecule has 0 aromatic rings. The van der Waals surface area contributed by atoms with Crippen molar-refractivity contribution in [2.24, 2.45) is 0 Å². The van der Waals surface area contributed by atoms with Crippen molar-refractivity contribution in [1.82, 2.24) is 10.6 Å². The van der Waals surface area contributed by atoms with Crippen molar-refractivity contribution < 1.29 is 0 Å². The summed E-state index contributed by atoms with van der Waals surface area (Å²) in [4.78, 5) is 0. The summed E-state index contributed by atoms with van der Waals surface area (Å²) in [6.07, 6.45) is 5.53. The average molecular weight is 140 g/mol. The average Bonchev–Trinajstić information content (AvgIpc) is 2.39. The third-order valence-electron chi connectivity index (χ3n) is 2.83. The van der Waals surface area contributed by atoms with Gasteiger partial charge in [0.2, 0.25) is 0 Å². The lowest BCUT2D eigenvalue weighted by Gasteiger charge is -2.33. The first kappa shape index (κ1) is 6.62. The van der Waals surface area contributed by atoms with Gasteiger partial charge in [0.05, 0.1) is 0 Å². The highest BCUT2D eigenvalue weighted by Crippen LogP contribution is 2.24. The van der Waals surface area contributed by atoms with Crippen molar-refractivity contribution in [3.05, 3.63) is 0 Å². The van der Waals surface area contributed by atoms with Gasteiger partial charge in [-0.15, -0.1) is 0 Å². The SMILES string of the molecule is C1CC[C@]2(CCNC2)NC1. The van der Waals surface area contributed by atoms with Crippen LogP contribution >= 0.6 is 0 Å². The van der Waals surface area contributed by atoms with Gasteiger partial charge >= 0.3 is 0 Å². The molecule has 2 heteroatoms. The van der Waals surface area contributed by atoms with E-state index in [2.05, 4.69) is 10.6 Å². The van der Waals surface area contributed by atoms with E-state index >= 15 is 0 Å². The maximum atomic E-state index is 3.63. The minimum Gasteiger partial charge on any atom is -0.315 e. The summed E-state index contributed by atoms with van der Waals surface area (Å²) in [5.74, 6) is 0. The first-order valence-electron chi connectivity index (χ1n) is 4.37. The Kier molecular flexibility index (Phi) is 1.66. The fourth-order valence-electron chi connectivity index (χ4n) is 2.14. The van der Waals surface area contributed by atoms with Crippen LogP contribution in [0.25, 0.3) is 0 Å². The molecular formula is C8H16N2. The molecule has 10 heavy (non-hydrogen) atoms. The summed E-state index contributed by atoms with van der Waals surface area (Å²) in [6, 6.07) is 0. The molecule has 2 heterocycles. The second-order valence-corrected chi connectivity index (χ2v) is 3.59. The van der Waals surface area contributed by atoms with Crippen LogP contribution in [0.5, 0.6) is 0 Å². The fraction of sp³-hybridized carbons (Fsp3) is 1.00. The van der Waals surface area contributed by atoms with Crippen LogP contribution < -0.4 is 10.6 Å². The van der Waals surface area contributed by atoms with Gasteiger partial charge in [0.1, 0.15) is 0 Å². The summed E-state index contributed by atoms with van der Waals surface area (Å²) in [7, 11) is 0. The van der Waals surface area contributed by atoms with Gasteiger partial charge < -0.3 is 10.6 Å². The Bertz CT molecular complexity index is 108. The Hall–Kier alpha value is -0.0800. The highest BCUT2D eigenvalue weighted by Gasteiger charge is 2.33. The predicted octanol–water partition coefficient (Wildman–Crippen LogP) is 0.492. The highest BCUT2D eigenvalue weighted by molar-refractivity contribution is 4.97. The van der Waals surface area contributed by atoms with Crippen LogP contribution in [0.2, 0.25) is 0 Å². The predicted molar refractivity (Wildman–Crippen MR) is 42.1 cm³/mol. The zero-order chi connectivity index (χ0) is 6.86. The molecule has 0 aromatic heterocycles. The van der Waals surface area contributed by atoms with E-state index in [-0.39, 0.29) is 0 Å². The molecule has 2 nitrogen and oxygen atoms in total. The van der Waals surface area contributed by atoms with E-state index in [0.29, 0.717) is 5.54 Å². The number of nitrogens with one attached hydrogen (secondary N) is 2. The van der Waals surface area contributed by atoms with Crippen LogP contribution in [0.3, 0.4) is 0 Å². The molecule has 1 atom stereocenters. The van der Waals surface area contributed by atoms with Crippen molar-refractivity contribution >= 4 is 0 Å². The van der Waals surface area contributed by atoms with Gasteiger partial charge in [-0.25, -0.2) is 0 Å². The van der Waals surface area contributed by atoms with E-state index in [9.17, 15) is 0 Å². The number of hydrogen-bond donors (Lipinski definition) is 2. The monoisotopic (exact) mass is 140 g/mol. The van der Waals surface area contributed by atoms with E-state index in [0.717, 1.165) is 0 Å². The molecular weight excluding hydrogens is 124 g/mol. The van der Waals surface area contributed by atoms with Crippen LogP contribution in [0, 0.1) is 0 Å². The third kappa shape index (κ3) is 1.06. The Labute approximate surface area is 62.4 Å². The van der Waals surface area contributed by atoms with Crippen molar-refractivity contribution in [3.63, 3.8) is 0 Å². The van der Waals surface area contributed by atoms with E-state index in [1.54, 1.807) is 0 Å². The zero-order valence-corrected chi connectivity index (χ0v) is 6.45. The molecule has 0 saturated carbocycles. The molecule has 2 aliphatic heterocycles. The molecule has 0 radical (unpaired) electrons.